The molecule has 1 aromatic carbocycles. The van der Waals surface area contributed by atoms with Gasteiger partial charge in [0.25, 0.3) is 0 Å². The van der Waals surface area contributed by atoms with Gasteiger partial charge in [-0.05, 0) is 0 Å². The summed E-state index contributed by atoms with van der Waals surface area (Å²) in [4.78, 5) is 5.06. The second-order valence-electron chi connectivity index (χ2n) is 4.52. The molecule has 0 bridgehead atoms. The molecule has 6 nitrogen and oxygen atoms in total. The Morgan fingerprint density at radius 2 is 1.90 bits per heavy atom. The van der Waals surface area contributed by atoms with E-state index in [1.807, 2.05) is 16.7 Å². The lowest BCUT2D eigenvalue weighted by Gasteiger charge is -2.10. The van der Waals surface area contributed by atoms with Gasteiger partial charge in [-0.1, -0.05) is 12.2 Å². The molecule has 0 aliphatic rings. The zero-order valence-corrected chi connectivity index (χ0v) is 13.2. The van der Waals surface area contributed by atoms with Gasteiger partial charge in [0.2, 0.25) is 0 Å². The molecule has 2 rings (SSSR count). The Hall–Kier alpha value is -1.86. The molecule has 0 saturated carbocycles. The van der Waals surface area contributed by atoms with Gasteiger partial charge >= 0.3 is 0 Å². The zero-order valence-electron chi connectivity index (χ0n) is 12.4. The first kappa shape index (κ1) is 15.5. The average molecular weight is 309 g/mol. The number of nitrogens with zero attached hydrogens (tertiary/aromatic N) is 2. The fourth-order valence-corrected chi connectivity index (χ4v) is 2.30. The Morgan fingerprint density at radius 3 is 2.48 bits per heavy atom. The van der Waals surface area contributed by atoms with Gasteiger partial charge in [-0.15, -0.1) is 0 Å². The molecule has 0 fully saturated rings. The van der Waals surface area contributed by atoms with Crippen molar-refractivity contribution in [1.29, 1.82) is 0 Å². The van der Waals surface area contributed by atoms with Crippen molar-refractivity contribution in [3.05, 3.63) is 18.0 Å². The standard InChI is InChI=1S/C14H19N3O3S/c1-18-8-14-16-9-6-11(19-2)12(20-3)7-10(9)17(14)5-4-13(15)21/h6-7H,4-5,8H2,1-3H3,(H2,15,21). The molecule has 7 heteroatoms. The van der Waals surface area contributed by atoms with E-state index < -0.39 is 0 Å². The van der Waals surface area contributed by atoms with Gasteiger partial charge in [-0.3, -0.25) is 0 Å². The lowest BCUT2D eigenvalue weighted by atomic mass is 10.2. The summed E-state index contributed by atoms with van der Waals surface area (Å²) in [6.07, 6.45) is 0.603. The summed E-state index contributed by atoms with van der Waals surface area (Å²) in [5, 5.41) is 0. The van der Waals surface area contributed by atoms with Gasteiger partial charge in [-0.2, -0.15) is 0 Å². The Balaban J connectivity index is 2.55. The van der Waals surface area contributed by atoms with Crippen molar-refractivity contribution < 1.29 is 14.2 Å². The second-order valence-corrected chi connectivity index (χ2v) is 5.05. The van der Waals surface area contributed by atoms with E-state index in [2.05, 4.69) is 4.98 Å². The molecule has 1 heterocycles. The van der Waals surface area contributed by atoms with Crippen molar-refractivity contribution in [2.45, 2.75) is 19.6 Å². The maximum atomic E-state index is 5.60. The Bertz CT molecular complexity index is 654. The third-order valence-electron chi connectivity index (χ3n) is 3.19. The maximum Gasteiger partial charge on any atom is 0.163 e. The van der Waals surface area contributed by atoms with Crippen LogP contribution < -0.4 is 15.2 Å². The minimum atomic E-state index is 0.413. The van der Waals surface area contributed by atoms with Crippen molar-refractivity contribution >= 4 is 28.2 Å². The van der Waals surface area contributed by atoms with Crippen molar-refractivity contribution in [3.8, 4) is 11.5 Å². The lowest BCUT2D eigenvalue weighted by Crippen LogP contribution is -2.13. The van der Waals surface area contributed by atoms with Crippen LogP contribution >= 0.6 is 12.2 Å². The summed E-state index contributed by atoms with van der Waals surface area (Å²) in [5.41, 5.74) is 7.36. The molecule has 0 unspecified atom stereocenters. The van der Waals surface area contributed by atoms with Crippen molar-refractivity contribution in [3.63, 3.8) is 0 Å². The average Bonchev–Trinajstić information content (AvgIpc) is 2.80. The Labute approximate surface area is 128 Å². The highest BCUT2D eigenvalue weighted by atomic mass is 32.1. The van der Waals surface area contributed by atoms with E-state index in [9.17, 15) is 0 Å². The van der Waals surface area contributed by atoms with Crippen LogP contribution in [-0.2, 0) is 17.9 Å². The highest BCUT2D eigenvalue weighted by Gasteiger charge is 2.15. The Morgan fingerprint density at radius 1 is 1.24 bits per heavy atom. The van der Waals surface area contributed by atoms with Gasteiger partial charge in [0, 0.05) is 32.2 Å². The number of nitrogens with two attached hydrogens (primary N) is 1. The van der Waals surface area contributed by atoms with Crippen LogP contribution in [0.3, 0.4) is 0 Å². The van der Waals surface area contributed by atoms with Crippen LogP contribution in [0.5, 0.6) is 11.5 Å². The topological polar surface area (TPSA) is 71.5 Å². The fourth-order valence-electron chi connectivity index (χ4n) is 2.21. The number of fused-ring (bicyclic) bond motifs is 1. The molecule has 114 valence electrons. The van der Waals surface area contributed by atoms with E-state index in [1.165, 1.54) is 0 Å². The third kappa shape index (κ3) is 3.25. The molecule has 0 radical (unpaired) electrons. The molecule has 0 aliphatic carbocycles. The normalized spacial score (nSPS) is 10.8. The number of aromatic nitrogens is 2. The van der Waals surface area contributed by atoms with Crippen LogP contribution in [-0.4, -0.2) is 35.9 Å². The second kappa shape index (κ2) is 6.73. The summed E-state index contributed by atoms with van der Waals surface area (Å²) in [5.74, 6) is 2.12. The van der Waals surface area contributed by atoms with Crippen LogP contribution in [0.15, 0.2) is 12.1 Å². The predicted octanol–water partition coefficient (Wildman–Crippen LogP) is 1.88. The van der Waals surface area contributed by atoms with Gasteiger partial charge in [-0.25, -0.2) is 4.98 Å². The minimum absolute atomic E-state index is 0.413. The molecule has 0 aliphatic heterocycles. The first-order chi connectivity index (χ1) is 10.1. The van der Waals surface area contributed by atoms with Gasteiger partial charge in [0.1, 0.15) is 12.4 Å². The van der Waals surface area contributed by atoms with Crippen LogP contribution in [0.1, 0.15) is 12.2 Å². The molecule has 2 aromatic rings. The van der Waals surface area contributed by atoms with Gasteiger partial charge < -0.3 is 24.5 Å². The summed E-state index contributed by atoms with van der Waals surface area (Å²) in [7, 11) is 4.84. The third-order valence-corrected chi connectivity index (χ3v) is 3.39. The maximum absolute atomic E-state index is 5.60. The smallest absolute Gasteiger partial charge is 0.163 e. The zero-order chi connectivity index (χ0) is 15.4. The number of benzene rings is 1. The number of imidazole rings is 1. The van der Waals surface area contributed by atoms with E-state index in [0.29, 0.717) is 36.1 Å². The Kier molecular flexibility index (Phi) is 4.98. The summed E-state index contributed by atoms with van der Waals surface area (Å²) in [6.45, 7) is 1.07. The molecule has 0 spiro atoms. The van der Waals surface area contributed by atoms with Crippen molar-refractivity contribution in [2.24, 2.45) is 5.73 Å². The summed E-state index contributed by atoms with van der Waals surface area (Å²) in [6, 6.07) is 3.75. The molecule has 21 heavy (non-hydrogen) atoms. The molecule has 0 saturated heterocycles. The highest BCUT2D eigenvalue weighted by Crippen LogP contribution is 2.32. The largest absolute Gasteiger partial charge is 0.493 e. The number of hydrogen-bond donors (Lipinski definition) is 1. The fraction of sp³-hybridized carbons (Fsp3) is 0.429. The van der Waals surface area contributed by atoms with Gasteiger partial charge in [0.05, 0.1) is 30.2 Å². The number of hydrogen-bond acceptors (Lipinski definition) is 5. The number of thiocarbonyl (C=S) groups is 1. The van der Waals surface area contributed by atoms with Crippen molar-refractivity contribution in [1.82, 2.24) is 9.55 Å². The summed E-state index contributed by atoms with van der Waals surface area (Å²) < 4.78 is 17.9. The minimum Gasteiger partial charge on any atom is -0.493 e. The quantitative estimate of drug-likeness (QED) is 0.787. The number of ether oxygens (including phenoxy) is 3. The van der Waals surface area contributed by atoms with Crippen LogP contribution in [0.25, 0.3) is 11.0 Å². The molecule has 2 N–H and O–H groups in total. The van der Waals surface area contributed by atoms with Crippen LogP contribution in [0.2, 0.25) is 0 Å². The lowest BCUT2D eigenvalue weighted by molar-refractivity contribution is 0.175. The molecule has 0 amide bonds. The number of rotatable bonds is 7. The van der Waals surface area contributed by atoms with E-state index in [1.54, 1.807) is 21.3 Å². The molecule has 1 aromatic heterocycles. The SMILES string of the molecule is COCc1nc2cc(OC)c(OC)cc2n1CCC(N)=S. The van der Waals surface area contributed by atoms with E-state index >= 15 is 0 Å². The van der Waals surface area contributed by atoms with E-state index in [4.69, 9.17) is 32.2 Å². The molecule has 0 atom stereocenters. The monoisotopic (exact) mass is 309 g/mol. The van der Waals surface area contributed by atoms with Crippen molar-refractivity contribution in [2.75, 3.05) is 21.3 Å². The predicted molar refractivity (Wildman–Crippen MR) is 85.0 cm³/mol. The first-order valence-electron chi connectivity index (χ1n) is 6.49. The molecular weight excluding hydrogens is 290 g/mol. The van der Waals surface area contributed by atoms with Gasteiger partial charge in [0.15, 0.2) is 11.5 Å². The van der Waals surface area contributed by atoms with E-state index in [-0.39, 0.29) is 0 Å². The van der Waals surface area contributed by atoms with Crippen LogP contribution in [0, 0.1) is 0 Å². The highest BCUT2D eigenvalue weighted by molar-refractivity contribution is 7.80. The molecular formula is C14H19N3O3S. The summed E-state index contributed by atoms with van der Waals surface area (Å²) >= 11 is 4.96. The number of methoxy groups -OCH3 is 3. The van der Waals surface area contributed by atoms with Crippen LogP contribution in [0.4, 0.5) is 0 Å². The number of aryl methyl sites for hydroxylation is 1. The first-order valence-corrected chi connectivity index (χ1v) is 6.90. The van der Waals surface area contributed by atoms with E-state index in [0.717, 1.165) is 16.9 Å².